The van der Waals surface area contributed by atoms with E-state index >= 15 is 0 Å². The van der Waals surface area contributed by atoms with Gasteiger partial charge in [0.2, 0.25) is 5.78 Å². The van der Waals surface area contributed by atoms with Crippen LogP contribution in [-0.4, -0.2) is 41.2 Å². The number of ether oxygens (including phenoxy) is 1. The van der Waals surface area contributed by atoms with Crippen molar-refractivity contribution >= 4 is 36.4 Å². The minimum absolute atomic E-state index is 0.0144. The van der Waals surface area contributed by atoms with Gasteiger partial charge in [-0.25, -0.2) is 4.79 Å². The Morgan fingerprint density at radius 1 is 1.38 bits per heavy atom. The minimum atomic E-state index is -1.18. The predicted octanol–water partition coefficient (Wildman–Crippen LogP) is 2.76. The van der Waals surface area contributed by atoms with Crippen LogP contribution in [0.15, 0.2) is 9.21 Å². The zero-order valence-corrected chi connectivity index (χ0v) is 18.6. The van der Waals surface area contributed by atoms with Crippen LogP contribution in [0.5, 0.6) is 0 Å². The van der Waals surface area contributed by atoms with Crippen molar-refractivity contribution in [1.29, 1.82) is 0 Å². The highest BCUT2D eigenvalue weighted by Gasteiger charge is 2.23. The van der Waals surface area contributed by atoms with Gasteiger partial charge in [0.05, 0.1) is 6.04 Å². The Morgan fingerprint density at radius 2 is 1.96 bits per heavy atom. The van der Waals surface area contributed by atoms with E-state index in [0.717, 1.165) is 10.7 Å². The normalized spacial score (nSPS) is 12.7. The first-order valence-corrected chi connectivity index (χ1v) is 13.8. The number of hydrogen-bond donors (Lipinski definition) is 1. The van der Waals surface area contributed by atoms with Gasteiger partial charge in [-0.2, -0.15) is 4.68 Å². The van der Waals surface area contributed by atoms with Gasteiger partial charge in [0.25, 0.3) is 5.89 Å². The summed E-state index contributed by atoms with van der Waals surface area (Å²) in [4.78, 5) is 25.7. The highest BCUT2D eigenvalue weighted by Crippen LogP contribution is 2.08. The molecule has 0 aliphatic carbocycles. The summed E-state index contributed by atoms with van der Waals surface area (Å²) < 4.78 is 11.3. The van der Waals surface area contributed by atoms with Crippen LogP contribution < -0.4 is 11.5 Å². The van der Waals surface area contributed by atoms with Gasteiger partial charge in [-0.15, -0.1) is 5.10 Å². The Morgan fingerprint density at radius 3 is 2.46 bits per heavy atom. The summed E-state index contributed by atoms with van der Waals surface area (Å²) in [5, 5.41) is 3.87. The number of carbonyl (C=O) groups excluding carboxylic acids is 1. The van der Waals surface area contributed by atoms with E-state index in [1.165, 1.54) is 0 Å². The van der Waals surface area contributed by atoms with Gasteiger partial charge in [-0.05, 0) is 23.3 Å². The maximum absolute atomic E-state index is 12.0. The number of alkyl halides is 1. The van der Waals surface area contributed by atoms with E-state index in [0.29, 0.717) is 13.0 Å². The summed E-state index contributed by atoms with van der Waals surface area (Å²) in [5.74, 6) is -1.12. The summed E-state index contributed by atoms with van der Waals surface area (Å²) >= 11 is 2.15. The van der Waals surface area contributed by atoms with Crippen molar-refractivity contribution in [2.75, 3.05) is 11.5 Å². The highest BCUT2D eigenvalue weighted by atomic mass is 127. The SMILES string of the molecule is CC(C)C[C@H](N)C(=O)c1nn(COCC[Si](C)(C)C)c(=O)o1.CI. The van der Waals surface area contributed by atoms with Crippen molar-refractivity contribution in [2.45, 2.75) is 58.7 Å². The van der Waals surface area contributed by atoms with Crippen LogP contribution in [0.25, 0.3) is 0 Å². The quantitative estimate of drug-likeness (QED) is 0.196. The van der Waals surface area contributed by atoms with Crippen molar-refractivity contribution in [3.8, 4) is 0 Å². The van der Waals surface area contributed by atoms with Gasteiger partial charge in [-0.1, -0.05) is 56.1 Å². The Bertz CT molecular complexity index is 552. The highest BCUT2D eigenvalue weighted by molar-refractivity contribution is 14.1. The Kier molecular flexibility index (Phi) is 10.9. The third-order valence-corrected chi connectivity index (χ3v) is 4.79. The Balaban J connectivity index is 0.00000254. The fourth-order valence-corrected chi connectivity index (χ4v) is 2.55. The molecule has 0 amide bonds. The lowest BCUT2D eigenvalue weighted by molar-refractivity contribution is 0.0739. The smallest absolute Gasteiger partial charge is 0.384 e. The maximum atomic E-state index is 12.0. The van der Waals surface area contributed by atoms with Crippen molar-refractivity contribution < 1.29 is 13.9 Å². The second-order valence-corrected chi connectivity index (χ2v) is 12.7. The van der Waals surface area contributed by atoms with Crippen LogP contribution >= 0.6 is 22.6 Å². The first kappa shape index (κ1) is 23.5. The third kappa shape index (κ3) is 9.09. The van der Waals surface area contributed by atoms with Gasteiger partial charge in [0, 0.05) is 14.7 Å². The standard InChI is InChI=1S/C14H27N3O4Si.CH3I/c1-10(2)8-11(15)12(18)13-16-17(14(19)21-13)9-20-6-7-22(3,4)5;1-2/h10-11H,6-9,15H2,1-5H3;1H3/t11-;/m0./s1. The number of carbonyl (C=O) groups is 1. The molecule has 0 fully saturated rings. The van der Waals surface area contributed by atoms with Gasteiger partial charge >= 0.3 is 5.76 Å². The van der Waals surface area contributed by atoms with Crippen molar-refractivity contribution in [2.24, 2.45) is 11.7 Å². The van der Waals surface area contributed by atoms with E-state index in [1.807, 2.05) is 18.8 Å². The molecule has 0 bridgehead atoms. The second kappa shape index (κ2) is 11.2. The third-order valence-electron chi connectivity index (χ3n) is 3.09. The molecule has 1 aromatic heterocycles. The van der Waals surface area contributed by atoms with Gasteiger partial charge < -0.3 is 14.9 Å². The number of hydrogen-bond acceptors (Lipinski definition) is 6. The molecule has 1 atom stereocenters. The van der Waals surface area contributed by atoms with Crippen LogP contribution in [0.4, 0.5) is 0 Å². The van der Waals surface area contributed by atoms with Gasteiger partial charge in [0.15, 0.2) is 0 Å². The molecule has 1 aromatic rings. The first-order valence-electron chi connectivity index (χ1n) is 7.93. The zero-order valence-electron chi connectivity index (χ0n) is 15.5. The molecule has 7 nitrogen and oxygen atoms in total. The molecule has 140 valence electrons. The number of ketones is 1. The lowest BCUT2D eigenvalue weighted by Gasteiger charge is -2.14. The maximum Gasteiger partial charge on any atom is 0.439 e. The summed E-state index contributed by atoms with van der Waals surface area (Å²) in [6.07, 6.45) is 0.516. The number of Topliss-reactive ketones (excluding diaryl/α,β-unsaturated/α-hetero) is 1. The molecule has 1 rings (SSSR count). The zero-order chi connectivity index (χ0) is 18.9. The first-order chi connectivity index (χ1) is 11.1. The van der Waals surface area contributed by atoms with Crippen LogP contribution in [0.3, 0.4) is 0 Å². The van der Waals surface area contributed by atoms with Crippen LogP contribution in [-0.2, 0) is 11.5 Å². The van der Waals surface area contributed by atoms with Crippen molar-refractivity contribution in [1.82, 2.24) is 9.78 Å². The number of aromatic nitrogens is 2. The average molecular weight is 471 g/mol. The molecule has 0 saturated carbocycles. The average Bonchev–Trinajstić information content (AvgIpc) is 2.84. The van der Waals surface area contributed by atoms with Crippen molar-refractivity contribution in [3.05, 3.63) is 16.4 Å². The summed E-state index contributed by atoms with van der Waals surface area (Å²) in [6.45, 7) is 11.2. The van der Waals surface area contributed by atoms with E-state index in [9.17, 15) is 9.59 Å². The molecule has 0 radical (unpaired) electrons. The monoisotopic (exact) mass is 471 g/mol. The summed E-state index contributed by atoms with van der Waals surface area (Å²) in [6, 6.07) is 0.282. The number of halogens is 1. The molecular formula is C15H30IN3O4Si. The summed E-state index contributed by atoms with van der Waals surface area (Å²) in [7, 11) is -1.18. The molecule has 2 N–H and O–H groups in total. The molecule has 9 heteroatoms. The number of rotatable bonds is 9. The lowest BCUT2D eigenvalue weighted by Crippen LogP contribution is -2.32. The molecular weight excluding hydrogens is 441 g/mol. The summed E-state index contributed by atoms with van der Waals surface area (Å²) in [5.41, 5.74) is 5.79. The van der Waals surface area contributed by atoms with E-state index in [2.05, 4.69) is 47.3 Å². The second-order valence-electron chi connectivity index (χ2n) is 7.12. The lowest BCUT2D eigenvalue weighted by atomic mass is 10.0. The fourth-order valence-electron chi connectivity index (χ4n) is 1.79. The number of nitrogens with two attached hydrogens (primary N) is 1. The van der Waals surface area contributed by atoms with E-state index in [1.54, 1.807) is 0 Å². The number of nitrogens with zero attached hydrogens (tertiary/aromatic N) is 2. The molecule has 0 aliphatic heterocycles. The van der Waals surface area contributed by atoms with E-state index < -0.39 is 25.7 Å². The van der Waals surface area contributed by atoms with E-state index in [4.69, 9.17) is 14.9 Å². The molecule has 0 spiro atoms. The molecule has 0 saturated heterocycles. The van der Waals surface area contributed by atoms with Crippen LogP contribution in [0.1, 0.15) is 31.0 Å². The Hall–Kier alpha value is -0.523. The molecule has 24 heavy (non-hydrogen) atoms. The van der Waals surface area contributed by atoms with Gasteiger partial charge in [0.1, 0.15) is 6.73 Å². The Labute approximate surface area is 158 Å². The van der Waals surface area contributed by atoms with Crippen LogP contribution in [0.2, 0.25) is 25.7 Å². The van der Waals surface area contributed by atoms with E-state index in [-0.39, 0.29) is 18.5 Å². The fraction of sp³-hybridized carbons (Fsp3) is 0.800. The van der Waals surface area contributed by atoms with Crippen LogP contribution in [0, 0.1) is 5.92 Å². The molecule has 1 heterocycles. The molecule has 0 aliphatic rings. The van der Waals surface area contributed by atoms with Gasteiger partial charge in [-0.3, -0.25) is 4.79 Å². The predicted molar refractivity (Wildman–Crippen MR) is 107 cm³/mol. The van der Waals surface area contributed by atoms with Crippen molar-refractivity contribution in [3.63, 3.8) is 0 Å². The molecule has 0 aromatic carbocycles. The topological polar surface area (TPSA) is 100 Å². The molecule has 0 unspecified atom stereocenters. The minimum Gasteiger partial charge on any atom is -0.384 e. The largest absolute Gasteiger partial charge is 0.439 e.